The summed E-state index contributed by atoms with van der Waals surface area (Å²) in [7, 11) is 3.22. The summed E-state index contributed by atoms with van der Waals surface area (Å²) in [6.45, 7) is 1.85. The number of ether oxygens (including phenoxy) is 2. The van der Waals surface area contributed by atoms with E-state index in [1.165, 1.54) is 0 Å². The average Bonchev–Trinajstić information content (AvgIpc) is 2.18. The van der Waals surface area contributed by atoms with Crippen molar-refractivity contribution in [3.63, 3.8) is 0 Å². The summed E-state index contributed by atoms with van der Waals surface area (Å²) in [6.07, 6.45) is 3.45. The summed E-state index contributed by atoms with van der Waals surface area (Å²) in [5.74, 6) is -0.686. The minimum atomic E-state index is -0.686. The number of hydrogen-bond acceptors (Lipinski definition) is 3. The maximum atomic E-state index is 5.21. The first-order valence-corrected chi connectivity index (χ1v) is 3.74. The van der Waals surface area contributed by atoms with Gasteiger partial charge in [0.2, 0.25) is 0 Å². The highest BCUT2D eigenvalue weighted by Gasteiger charge is 2.25. The van der Waals surface area contributed by atoms with Gasteiger partial charge in [-0.3, -0.25) is 4.98 Å². The predicted molar refractivity (Wildman–Crippen MR) is 45.6 cm³/mol. The normalized spacial score (nSPS) is 11.6. The first-order chi connectivity index (χ1) is 5.73. The quantitative estimate of drug-likeness (QED) is 0.640. The Morgan fingerprint density at radius 3 is 2.42 bits per heavy atom. The molecule has 0 atom stereocenters. The van der Waals surface area contributed by atoms with Crippen molar-refractivity contribution in [3.8, 4) is 0 Å². The molecule has 66 valence electrons. The molecule has 3 nitrogen and oxygen atoms in total. The van der Waals surface area contributed by atoms with E-state index in [4.69, 9.17) is 9.47 Å². The Morgan fingerprint density at radius 2 is 2.00 bits per heavy atom. The van der Waals surface area contributed by atoms with Crippen molar-refractivity contribution in [3.05, 3.63) is 30.1 Å². The molecule has 0 amide bonds. The molecule has 3 heteroatoms. The van der Waals surface area contributed by atoms with Crippen LogP contribution in [0.15, 0.2) is 24.5 Å². The maximum absolute atomic E-state index is 5.21. The number of aromatic nitrogens is 1. The van der Waals surface area contributed by atoms with Crippen molar-refractivity contribution >= 4 is 0 Å². The van der Waals surface area contributed by atoms with Crippen LogP contribution < -0.4 is 0 Å². The van der Waals surface area contributed by atoms with Crippen molar-refractivity contribution in [1.29, 1.82) is 0 Å². The van der Waals surface area contributed by atoms with E-state index in [2.05, 4.69) is 4.98 Å². The smallest absolute Gasteiger partial charge is 0.192 e. The van der Waals surface area contributed by atoms with Gasteiger partial charge in [0.25, 0.3) is 0 Å². The summed E-state index contributed by atoms with van der Waals surface area (Å²) >= 11 is 0. The summed E-state index contributed by atoms with van der Waals surface area (Å²) in [5, 5.41) is 0. The molecule has 0 bridgehead atoms. The highest BCUT2D eigenvalue weighted by Crippen LogP contribution is 2.23. The van der Waals surface area contributed by atoms with Gasteiger partial charge in [0, 0.05) is 32.2 Å². The van der Waals surface area contributed by atoms with Gasteiger partial charge in [-0.1, -0.05) is 6.07 Å². The van der Waals surface area contributed by atoms with Gasteiger partial charge in [0.1, 0.15) is 0 Å². The fraction of sp³-hybridized carbons (Fsp3) is 0.444. The third kappa shape index (κ3) is 1.62. The van der Waals surface area contributed by atoms with Gasteiger partial charge >= 0.3 is 0 Å². The molecule has 1 rings (SSSR count). The third-order valence-electron chi connectivity index (χ3n) is 1.96. The lowest BCUT2D eigenvalue weighted by molar-refractivity contribution is -0.202. The Bertz CT molecular complexity index is 232. The average molecular weight is 167 g/mol. The van der Waals surface area contributed by atoms with E-state index < -0.39 is 5.79 Å². The fourth-order valence-electron chi connectivity index (χ4n) is 0.950. The molecule has 0 spiro atoms. The van der Waals surface area contributed by atoms with Gasteiger partial charge in [-0.25, -0.2) is 0 Å². The molecule has 1 aromatic heterocycles. The molecule has 1 aromatic rings. The fourth-order valence-corrected chi connectivity index (χ4v) is 0.950. The first-order valence-electron chi connectivity index (χ1n) is 3.74. The van der Waals surface area contributed by atoms with Crippen LogP contribution >= 0.6 is 0 Å². The van der Waals surface area contributed by atoms with Crippen LogP contribution in [0.2, 0.25) is 0 Å². The Hall–Kier alpha value is -0.930. The standard InChI is InChI=1S/C9H13NO2/c1-9(11-2,12-3)8-5-4-6-10-7-8/h4-7H,1-3H3. The van der Waals surface area contributed by atoms with Gasteiger partial charge in [-0.2, -0.15) is 0 Å². The second-order valence-electron chi connectivity index (χ2n) is 2.60. The summed E-state index contributed by atoms with van der Waals surface area (Å²) in [4.78, 5) is 3.99. The molecule has 0 aliphatic heterocycles. The SMILES string of the molecule is COC(C)(OC)c1cccnc1. The van der Waals surface area contributed by atoms with E-state index in [0.717, 1.165) is 5.56 Å². The highest BCUT2D eigenvalue weighted by molar-refractivity contribution is 5.14. The van der Waals surface area contributed by atoms with Gasteiger partial charge in [-0.15, -0.1) is 0 Å². The van der Waals surface area contributed by atoms with Crippen molar-refractivity contribution in [1.82, 2.24) is 4.98 Å². The van der Waals surface area contributed by atoms with Crippen LogP contribution in [0.1, 0.15) is 12.5 Å². The van der Waals surface area contributed by atoms with Crippen LogP contribution in [0.5, 0.6) is 0 Å². The molecule has 0 aromatic carbocycles. The predicted octanol–water partition coefficient (Wildman–Crippen LogP) is 1.55. The van der Waals surface area contributed by atoms with E-state index in [1.807, 2.05) is 19.1 Å². The van der Waals surface area contributed by atoms with Crippen molar-refractivity contribution < 1.29 is 9.47 Å². The lowest BCUT2D eigenvalue weighted by Crippen LogP contribution is -2.26. The molecule has 12 heavy (non-hydrogen) atoms. The van der Waals surface area contributed by atoms with E-state index in [9.17, 15) is 0 Å². The Labute approximate surface area is 72.3 Å². The maximum Gasteiger partial charge on any atom is 0.192 e. The van der Waals surface area contributed by atoms with Crippen molar-refractivity contribution in [2.24, 2.45) is 0 Å². The van der Waals surface area contributed by atoms with Gasteiger partial charge in [0.05, 0.1) is 0 Å². The largest absolute Gasteiger partial charge is 0.349 e. The monoisotopic (exact) mass is 167 g/mol. The molecule has 0 saturated carbocycles. The summed E-state index contributed by atoms with van der Waals surface area (Å²) in [5.41, 5.74) is 0.912. The molecular formula is C9H13NO2. The second-order valence-corrected chi connectivity index (χ2v) is 2.60. The van der Waals surface area contributed by atoms with Crippen LogP contribution in [-0.2, 0) is 15.3 Å². The lowest BCUT2D eigenvalue weighted by atomic mass is 10.1. The zero-order chi connectivity index (χ0) is 9.03. The van der Waals surface area contributed by atoms with E-state index in [0.29, 0.717) is 0 Å². The van der Waals surface area contributed by atoms with Crippen LogP contribution in [0.4, 0.5) is 0 Å². The van der Waals surface area contributed by atoms with Crippen molar-refractivity contribution in [2.75, 3.05) is 14.2 Å². The van der Waals surface area contributed by atoms with Crippen LogP contribution in [-0.4, -0.2) is 19.2 Å². The molecule has 0 radical (unpaired) electrons. The van der Waals surface area contributed by atoms with Crippen LogP contribution in [0, 0.1) is 0 Å². The van der Waals surface area contributed by atoms with Gasteiger partial charge < -0.3 is 9.47 Å². The minimum absolute atomic E-state index is 0.686. The third-order valence-corrected chi connectivity index (χ3v) is 1.96. The summed E-state index contributed by atoms with van der Waals surface area (Å²) < 4.78 is 10.4. The molecular weight excluding hydrogens is 154 g/mol. The molecule has 0 aliphatic rings. The van der Waals surface area contributed by atoms with E-state index in [1.54, 1.807) is 26.6 Å². The van der Waals surface area contributed by atoms with E-state index >= 15 is 0 Å². The Kier molecular flexibility index (Phi) is 2.78. The zero-order valence-corrected chi connectivity index (χ0v) is 7.57. The molecule has 0 aliphatic carbocycles. The highest BCUT2D eigenvalue weighted by atomic mass is 16.7. The molecule has 0 fully saturated rings. The van der Waals surface area contributed by atoms with Gasteiger partial charge in [0.15, 0.2) is 5.79 Å². The molecule has 0 unspecified atom stereocenters. The molecule has 0 saturated heterocycles. The topological polar surface area (TPSA) is 31.4 Å². The Balaban J connectivity index is 2.95. The minimum Gasteiger partial charge on any atom is -0.349 e. The van der Waals surface area contributed by atoms with E-state index in [-0.39, 0.29) is 0 Å². The number of pyridine rings is 1. The van der Waals surface area contributed by atoms with Crippen LogP contribution in [0.25, 0.3) is 0 Å². The van der Waals surface area contributed by atoms with Gasteiger partial charge in [-0.05, 0) is 13.0 Å². The summed E-state index contributed by atoms with van der Waals surface area (Å²) in [6, 6.07) is 3.77. The Morgan fingerprint density at radius 1 is 1.33 bits per heavy atom. The second kappa shape index (κ2) is 3.65. The van der Waals surface area contributed by atoms with Crippen LogP contribution in [0.3, 0.4) is 0 Å². The zero-order valence-electron chi connectivity index (χ0n) is 7.57. The van der Waals surface area contributed by atoms with Crippen molar-refractivity contribution in [2.45, 2.75) is 12.7 Å². The first kappa shape index (κ1) is 9.16. The number of hydrogen-bond donors (Lipinski definition) is 0. The molecule has 0 N–H and O–H groups in total. The molecule has 1 heterocycles. The lowest BCUT2D eigenvalue weighted by Gasteiger charge is -2.26. The number of methoxy groups -OCH3 is 2. The number of nitrogens with zero attached hydrogens (tertiary/aromatic N) is 1. The number of rotatable bonds is 3.